The minimum atomic E-state index is -5.30. The summed E-state index contributed by atoms with van der Waals surface area (Å²) in [5, 5.41) is 8.79. The van der Waals surface area contributed by atoms with Gasteiger partial charge in [0, 0.05) is 6.07 Å². The van der Waals surface area contributed by atoms with Crippen LogP contribution in [-0.2, 0) is 12.4 Å². The molecule has 3 aromatic rings. The Balaban J connectivity index is 2.16. The maximum Gasteiger partial charge on any atom is 0.419 e. The average molecular weight is 364 g/mol. The number of rotatable bonds is 2. The van der Waals surface area contributed by atoms with Gasteiger partial charge in [0.25, 0.3) is 5.56 Å². The summed E-state index contributed by atoms with van der Waals surface area (Å²) in [6.45, 7) is 0. The summed E-state index contributed by atoms with van der Waals surface area (Å²) in [5.41, 5.74) is -6.14. The number of H-pyrrole nitrogens is 1. The van der Waals surface area contributed by atoms with E-state index in [0.29, 0.717) is 6.07 Å². The van der Waals surface area contributed by atoms with Gasteiger partial charge in [-0.3, -0.25) is 4.79 Å². The van der Waals surface area contributed by atoms with E-state index in [-0.39, 0.29) is 11.2 Å². The van der Waals surface area contributed by atoms with Crippen LogP contribution in [0.15, 0.2) is 33.7 Å². The minimum Gasteiger partial charge on any atom is -0.350 e. The summed E-state index contributed by atoms with van der Waals surface area (Å²) in [6.07, 6.45) is -10.5. The van der Waals surface area contributed by atoms with Crippen molar-refractivity contribution in [3.63, 3.8) is 0 Å². The lowest BCUT2D eigenvalue weighted by Gasteiger charge is -2.19. The molecule has 132 valence electrons. The van der Waals surface area contributed by atoms with E-state index in [1.807, 2.05) is 0 Å². The lowest BCUT2D eigenvalue weighted by molar-refractivity contribution is -0.161. The zero-order valence-electron chi connectivity index (χ0n) is 11.8. The molecule has 1 aromatic carbocycles. The first-order valence-corrected chi connectivity index (χ1v) is 6.47. The number of aromatic nitrogens is 3. The monoisotopic (exact) mass is 364 g/mol. The number of alkyl halides is 6. The van der Waals surface area contributed by atoms with Gasteiger partial charge in [0.1, 0.15) is 5.69 Å². The van der Waals surface area contributed by atoms with E-state index in [1.54, 1.807) is 0 Å². The van der Waals surface area contributed by atoms with Crippen LogP contribution < -0.4 is 10.9 Å². The molecule has 3 rings (SSSR count). The van der Waals surface area contributed by atoms with Crippen LogP contribution in [0.2, 0.25) is 0 Å². The van der Waals surface area contributed by atoms with Gasteiger partial charge < -0.3 is 10.3 Å². The highest BCUT2D eigenvalue weighted by Crippen LogP contribution is 2.44. The van der Waals surface area contributed by atoms with Gasteiger partial charge >= 0.3 is 12.4 Å². The third kappa shape index (κ3) is 3.14. The maximum absolute atomic E-state index is 13.2. The fourth-order valence-electron chi connectivity index (χ4n) is 2.19. The summed E-state index contributed by atoms with van der Waals surface area (Å²) < 4.78 is 82.6. The molecule has 12 heteroatoms. The summed E-state index contributed by atoms with van der Waals surface area (Å²) in [7, 11) is 0. The molecule has 0 aliphatic heterocycles. The van der Waals surface area contributed by atoms with Crippen molar-refractivity contribution in [1.29, 1.82) is 0 Å². The van der Waals surface area contributed by atoms with E-state index >= 15 is 0 Å². The molecule has 2 N–H and O–H groups in total. The van der Waals surface area contributed by atoms with Gasteiger partial charge in [0.15, 0.2) is 5.52 Å². The molecule has 0 saturated carbocycles. The second kappa shape index (κ2) is 5.50. The lowest BCUT2D eigenvalue weighted by atomic mass is 10.0. The Bertz CT molecular complexity index is 989. The predicted molar refractivity (Wildman–Crippen MR) is 72.2 cm³/mol. The third-order valence-electron chi connectivity index (χ3n) is 3.19. The highest BCUT2D eigenvalue weighted by atomic mass is 19.4. The number of hydrogen-bond acceptors (Lipinski definition) is 5. The van der Waals surface area contributed by atoms with Crippen LogP contribution in [0.5, 0.6) is 0 Å². The van der Waals surface area contributed by atoms with Crippen molar-refractivity contribution in [2.24, 2.45) is 0 Å². The van der Waals surface area contributed by atoms with Crippen molar-refractivity contribution in [2.75, 3.05) is 5.32 Å². The number of fused-ring (bicyclic) bond motifs is 1. The molecule has 2 heterocycles. The third-order valence-corrected chi connectivity index (χ3v) is 3.19. The molecule has 0 spiro atoms. The molecule has 0 radical (unpaired) electrons. The van der Waals surface area contributed by atoms with Gasteiger partial charge in [-0.1, -0.05) is 6.07 Å². The second-order valence-electron chi connectivity index (χ2n) is 4.86. The maximum atomic E-state index is 13.2. The highest BCUT2D eigenvalue weighted by molar-refractivity contribution is 5.75. The Morgan fingerprint density at radius 2 is 1.72 bits per heavy atom. The van der Waals surface area contributed by atoms with Crippen molar-refractivity contribution >= 4 is 22.5 Å². The zero-order valence-corrected chi connectivity index (χ0v) is 11.8. The van der Waals surface area contributed by atoms with Gasteiger partial charge in [-0.25, -0.2) is 4.63 Å². The van der Waals surface area contributed by atoms with Crippen molar-refractivity contribution in [3.8, 4) is 0 Å². The van der Waals surface area contributed by atoms with Crippen LogP contribution in [0, 0.1) is 0 Å². The Hall–Kier alpha value is -3.05. The van der Waals surface area contributed by atoms with E-state index in [9.17, 15) is 31.1 Å². The molecule has 0 unspecified atom stereocenters. The topological polar surface area (TPSA) is 83.8 Å². The second-order valence-corrected chi connectivity index (χ2v) is 4.86. The Morgan fingerprint density at radius 1 is 1.00 bits per heavy atom. The van der Waals surface area contributed by atoms with Gasteiger partial charge in [-0.05, 0) is 22.4 Å². The molecule has 25 heavy (non-hydrogen) atoms. The van der Waals surface area contributed by atoms with E-state index in [1.165, 1.54) is 0 Å². The quantitative estimate of drug-likeness (QED) is 0.678. The fraction of sp³-hybridized carbons (Fsp3) is 0.154. The Labute approximate surface area is 133 Å². The van der Waals surface area contributed by atoms with Crippen molar-refractivity contribution < 1.29 is 31.0 Å². The van der Waals surface area contributed by atoms with E-state index in [0.717, 1.165) is 18.2 Å². The van der Waals surface area contributed by atoms with Gasteiger partial charge in [0.05, 0.1) is 16.8 Å². The number of nitrogens with zero attached hydrogens (tertiary/aromatic N) is 2. The van der Waals surface area contributed by atoms with E-state index in [4.69, 9.17) is 0 Å². The average Bonchev–Trinajstić information content (AvgIpc) is 2.92. The molecule has 0 saturated heterocycles. The van der Waals surface area contributed by atoms with Crippen molar-refractivity contribution in [1.82, 2.24) is 15.3 Å². The van der Waals surface area contributed by atoms with Gasteiger partial charge in [0.2, 0.25) is 5.65 Å². The summed E-state index contributed by atoms with van der Waals surface area (Å²) >= 11 is 0. The van der Waals surface area contributed by atoms with Crippen LogP contribution in [-0.4, -0.2) is 15.3 Å². The van der Waals surface area contributed by atoms with E-state index in [2.05, 4.69) is 25.2 Å². The summed E-state index contributed by atoms with van der Waals surface area (Å²) in [6, 6.07) is 2.89. The number of aromatic amines is 1. The molecule has 0 atom stereocenters. The first-order valence-electron chi connectivity index (χ1n) is 6.47. The standard InChI is InChI=1S/C13H6F6N4O2/c14-12(15,16)5-2-1-3-6(9(5)13(17,18)19)20-8-4-7-10(21-11(8)24)23-25-22-7/h1-4,20H,(H,21,23,24). The summed E-state index contributed by atoms with van der Waals surface area (Å²) in [4.78, 5) is 14.0. The minimum absolute atomic E-state index is 0.00244. The first-order chi connectivity index (χ1) is 11.6. The van der Waals surface area contributed by atoms with Crippen molar-refractivity contribution in [2.45, 2.75) is 12.4 Å². The molecule has 0 aliphatic carbocycles. The normalized spacial score (nSPS) is 12.6. The molecule has 2 aromatic heterocycles. The predicted octanol–water partition coefficient (Wildman–Crippen LogP) is 3.69. The van der Waals surface area contributed by atoms with Gasteiger partial charge in [-0.2, -0.15) is 26.3 Å². The molecule has 0 bridgehead atoms. The molecule has 6 nitrogen and oxygen atoms in total. The fourth-order valence-corrected chi connectivity index (χ4v) is 2.19. The SMILES string of the molecule is O=c1[nH]c2nonc2cc1Nc1cccc(C(F)(F)F)c1C(F)(F)F. The number of benzene rings is 1. The largest absolute Gasteiger partial charge is 0.419 e. The first kappa shape index (κ1) is 16.8. The lowest BCUT2D eigenvalue weighted by Crippen LogP contribution is -2.20. The molecule has 0 amide bonds. The highest BCUT2D eigenvalue weighted by Gasteiger charge is 2.44. The number of nitrogens with one attached hydrogen (secondary N) is 2. The molecule has 0 aliphatic rings. The van der Waals surface area contributed by atoms with Crippen LogP contribution in [0.25, 0.3) is 11.2 Å². The summed E-state index contributed by atoms with van der Waals surface area (Å²) in [5.74, 6) is 0. The molecular formula is C13H6F6N4O2. The Kier molecular flexibility index (Phi) is 3.69. The van der Waals surface area contributed by atoms with Crippen LogP contribution in [0.4, 0.5) is 37.7 Å². The van der Waals surface area contributed by atoms with Crippen molar-refractivity contribution in [3.05, 3.63) is 45.7 Å². The van der Waals surface area contributed by atoms with Crippen LogP contribution in [0.3, 0.4) is 0 Å². The number of pyridine rings is 1. The Morgan fingerprint density at radius 3 is 2.36 bits per heavy atom. The molecular weight excluding hydrogens is 358 g/mol. The number of halogens is 6. The van der Waals surface area contributed by atoms with Gasteiger partial charge in [-0.15, -0.1) is 0 Å². The van der Waals surface area contributed by atoms with Crippen LogP contribution in [0.1, 0.15) is 11.1 Å². The number of hydrogen-bond donors (Lipinski definition) is 2. The molecule has 0 fully saturated rings. The zero-order chi connectivity index (χ0) is 18.4. The van der Waals surface area contributed by atoms with Crippen LogP contribution >= 0.6 is 0 Å². The number of anilines is 2. The smallest absolute Gasteiger partial charge is 0.350 e. The van der Waals surface area contributed by atoms with E-state index < -0.39 is 40.4 Å².